The van der Waals surface area contributed by atoms with Gasteiger partial charge in [0.1, 0.15) is 0 Å². The maximum absolute atomic E-state index is 13.1. The summed E-state index contributed by atoms with van der Waals surface area (Å²) in [5, 5.41) is 0. The molecule has 3 fully saturated rings. The van der Waals surface area contributed by atoms with Gasteiger partial charge in [-0.15, -0.1) is 0 Å². The van der Waals surface area contributed by atoms with Gasteiger partial charge in [0.25, 0.3) is 0 Å². The van der Waals surface area contributed by atoms with Crippen LogP contribution < -0.4 is 0 Å². The first-order chi connectivity index (χ1) is 10.7. The Bertz CT molecular complexity index is 575. The second kappa shape index (κ2) is 4.73. The van der Waals surface area contributed by atoms with Crippen LogP contribution in [0.5, 0.6) is 0 Å². The Morgan fingerprint density at radius 1 is 1.00 bits per heavy atom. The van der Waals surface area contributed by atoms with E-state index in [1.54, 1.807) is 5.57 Å². The molecule has 7 atom stereocenters. The molecule has 0 aromatic heterocycles. The summed E-state index contributed by atoms with van der Waals surface area (Å²) < 4.78 is 0. The molecule has 0 radical (unpaired) electrons. The van der Waals surface area contributed by atoms with Gasteiger partial charge in [-0.2, -0.15) is 0 Å². The van der Waals surface area contributed by atoms with E-state index in [4.69, 9.17) is 0 Å². The van der Waals surface area contributed by atoms with E-state index in [1.165, 1.54) is 38.5 Å². The first-order valence-corrected chi connectivity index (χ1v) is 9.97. The molecular formula is C22H34O. The first kappa shape index (κ1) is 15.9. The van der Waals surface area contributed by atoms with Crippen LogP contribution in [0.2, 0.25) is 0 Å². The topological polar surface area (TPSA) is 17.1 Å². The van der Waals surface area contributed by atoms with Gasteiger partial charge >= 0.3 is 0 Å². The summed E-state index contributed by atoms with van der Waals surface area (Å²) in [7, 11) is 0. The number of hydrogen-bond acceptors (Lipinski definition) is 1. The lowest BCUT2D eigenvalue weighted by Gasteiger charge is -2.60. The van der Waals surface area contributed by atoms with E-state index in [-0.39, 0.29) is 16.7 Å². The van der Waals surface area contributed by atoms with Gasteiger partial charge in [0.05, 0.1) is 0 Å². The minimum atomic E-state index is 0.222. The molecule has 128 valence electrons. The van der Waals surface area contributed by atoms with Crippen LogP contribution in [0, 0.1) is 39.9 Å². The molecule has 1 unspecified atom stereocenters. The van der Waals surface area contributed by atoms with E-state index in [2.05, 4.69) is 40.7 Å². The highest BCUT2D eigenvalue weighted by molar-refractivity contribution is 5.94. The summed E-state index contributed by atoms with van der Waals surface area (Å²) in [6, 6.07) is 0. The lowest BCUT2D eigenvalue weighted by Crippen LogP contribution is -2.54. The summed E-state index contributed by atoms with van der Waals surface area (Å²) in [6.07, 6.45) is 11.2. The molecule has 0 heterocycles. The SMILES string of the molecule is C[C@@H]1C[C@H]2C(=O)C=C3C(CC[C@]4(C)CCC[C@@]34C)[C@@]2(C)C[C@@H]1C. The first-order valence-electron chi connectivity index (χ1n) is 9.97. The predicted octanol–water partition coefficient (Wildman–Crippen LogP) is 5.79. The highest BCUT2D eigenvalue weighted by Gasteiger charge is 2.61. The maximum Gasteiger partial charge on any atom is 0.159 e. The molecule has 0 N–H and O–H groups in total. The lowest BCUT2D eigenvalue weighted by atomic mass is 9.43. The minimum Gasteiger partial charge on any atom is -0.295 e. The second-order valence-electron chi connectivity index (χ2n) is 10.3. The third-order valence-corrected chi connectivity index (χ3v) is 9.31. The van der Waals surface area contributed by atoms with Gasteiger partial charge in [0.15, 0.2) is 5.78 Å². The maximum atomic E-state index is 13.1. The summed E-state index contributed by atoms with van der Waals surface area (Å²) in [5.74, 6) is 2.87. The lowest BCUT2D eigenvalue weighted by molar-refractivity contribution is -0.133. The Labute approximate surface area is 142 Å². The zero-order valence-corrected chi connectivity index (χ0v) is 15.7. The molecule has 0 bridgehead atoms. The fourth-order valence-corrected chi connectivity index (χ4v) is 7.24. The molecule has 3 saturated carbocycles. The number of allylic oxidation sites excluding steroid dienone is 2. The van der Waals surface area contributed by atoms with Gasteiger partial charge in [-0.1, -0.05) is 46.6 Å². The fourth-order valence-electron chi connectivity index (χ4n) is 7.24. The molecule has 23 heavy (non-hydrogen) atoms. The van der Waals surface area contributed by atoms with Crippen LogP contribution in [0.3, 0.4) is 0 Å². The molecule has 0 spiro atoms. The van der Waals surface area contributed by atoms with E-state index >= 15 is 0 Å². The molecule has 1 heteroatoms. The third-order valence-electron chi connectivity index (χ3n) is 9.31. The zero-order chi connectivity index (χ0) is 16.6. The molecule has 4 aliphatic carbocycles. The highest BCUT2D eigenvalue weighted by Crippen LogP contribution is 2.69. The van der Waals surface area contributed by atoms with Crippen molar-refractivity contribution < 1.29 is 4.79 Å². The van der Waals surface area contributed by atoms with Crippen molar-refractivity contribution in [1.82, 2.24) is 0 Å². The van der Waals surface area contributed by atoms with E-state index in [1.807, 2.05) is 0 Å². The molecule has 1 nitrogen and oxygen atoms in total. The van der Waals surface area contributed by atoms with Crippen LogP contribution in [-0.4, -0.2) is 5.78 Å². The quantitative estimate of drug-likeness (QED) is 0.553. The van der Waals surface area contributed by atoms with Crippen molar-refractivity contribution in [2.75, 3.05) is 0 Å². The molecule has 4 rings (SSSR count). The van der Waals surface area contributed by atoms with Gasteiger partial charge < -0.3 is 0 Å². The second-order valence-corrected chi connectivity index (χ2v) is 10.3. The van der Waals surface area contributed by atoms with Crippen molar-refractivity contribution in [2.24, 2.45) is 39.9 Å². The van der Waals surface area contributed by atoms with Crippen LogP contribution in [0.1, 0.15) is 79.6 Å². The van der Waals surface area contributed by atoms with E-state index in [0.29, 0.717) is 23.0 Å². The van der Waals surface area contributed by atoms with Crippen molar-refractivity contribution in [1.29, 1.82) is 0 Å². The number of hydrogen-bond donors (Lipinski definition) is 0. The standard InChI is InChI=1S/C22H34O/c1-14-11-18-19(23)12-17-16(21(18,4)13-15(14)2)7-10-20(3)8-6-9-22(17,20)5/h12,14-16,18H,6-11,13H2,1-5H3/t14-,15+,16?,18+,20+,21-,22+/m1/s1. The van der Waals surface area contributed by atoms with Gasteiger partial charge in [-0.05, 0) is 78.6 Å². The Balaban J connectivity index is 1.81. The van der Waals surface area contributed by atoms with Gasteiger partial charge in [-0.3, -0.25) is 4.79 Å². The van der Waals surface area contributed by atoms with Gasteiger partial charge in [0, 0.05) is 5.92 Å². The Morgan fingerprint density at radius 3 is 2.48 bits per heavy atom. The fraction of sp³-hybridized carbons (Fsp3) is 0.864. The molecule has 0 aromatic carbocycles. The number of rotatable bonds is 0. The third kappa shape index (κ3) is 1.89. The minimum absolute atomic E-state index is 0.222. The smallest absolute Gasteiger partial charge is 0.159 e. The van der Waals surface area contributed by atoms with Crippen LogP contribution in [0.25, 0.3) is 0 Å². The summed E-state index contributed by atoms with van der Waals surface area (Å²) in [4.78, 5) is 13.1. The Hall–Kier alpha value is -0.590. The molecule has 0 saturated heterocycles. The monoisotopic (exact) mass is 314 g/mol. The van der Waals surface area contributed by atoms with Crippen LogP contribution in [-0.2, 0) is 4.79 Å². The van der Waals surface area contributed by atoms with E-state index in [0.717, 1.165) is 12.3 Å². The van der Waals surface area contributed by atoms with Crippen molar-refractivity contribution >= 4 is 5.78 Å². The number of carbonyl (C=O) groups excluding carboxylic acids is 1. The van der Waals surface area contributed by atoms with E-state index in [9.17, 15) is 4.79 Å². The molecule has 0 amide bonds. The summed E-state index contributed by atoms with van der Waals surface area (Å²) in [6.45, 7) is 12.2. The number of fused-ring (bicyclic) bond motifs is 5. The molecule has 0 aliphatic heterocycles. The van der Waals surface area contributed by atoms with Crippen LogP contribution >= 0.6 is 0 Å². The largest absolute Gasteiger partial charge is 0.295 e. The molecule has 4 aliphatic rings. The molecule has 0 aromatic rings. The van der Waals surface area contributed by atoms with Crippen molar-refractivity contribution in [3.8, 4) is 0 Å². The van der Waals surface area contributed by atoms with Crippen molar-refractivity contribution in [3.63, 3.8) is 0 Å². The summed E-state index contributed by atoms with van der Waals surface area (Å²) >= 11 is 0. The Kier molecular flexibility index (Phi) is 3.27. The van der Waals surface area contributed by atoms with Crippen LogP contribution in [0.15, 0.2) is 11.6 Å². The van der Waals surface area contributed by atoms with E-state index < -0.39 is 0 Å². The number of carbonyl (C=O) groups is 1. The van der Waals surface area contributed by atoms with Crippen molar-refractivity contribution in [3.05, 3.63) is 11.6 Å². The number of ketones is 1. The van der Waals surface area contributed by atoms with Gasteiger partial charge in [0.2, 0.25) is 0 Å². The van der Waals surface area contributed by atoms with Gasteiger partial charge in [-0.25, -0.2) is 0 Å². The average Bonchev–Trinajstić information content (AvgIpc) is 2.78. The Morgan fingerprint density at radius 2 is 1.74 bits per heavy atom. The normalized spacial score (nSPS) is 55.7. The zero-order valence-electron chi connectivity index (χ0n) is 15.7. The van der Waals surface area contributed by atoms with Crippen LogP contribution in [0.4, 0.5) is 0 Å². The predicted molar refractivity (Wildman–Crippen MR) is 95.0 cm³/mol. The average molecular weight is 315 g/mol. The molecular weight excluding hydrogens is 280 g/mol. The van der Waals surface area contributed by atoms with Crippen molar-refractivity contribution in [2.45, 2.75) is 79.6 Å². The summed E-state index contributed by atoms with van der Waals surface area (Å²) in [5.41, 5.74) is 2.51. The highest BCUT2D eigenvalue weighted by atomic mass is 16.1.